The van der Waals surface area contributed by atoms with Crippen LogP contribution in [0.5, 0.6) is 0 Å². The molecule has 8 heteroatoms. The Kier molecular flexibility index (Phi) is 5.96. The van der Waals surface area contributed by atoms with Gasteiger partial charge in [0.05, 0.1) is 33.5 Å². The van der Waals surface area contributed by atoms with E-state index in [4.69, 9.17) is 27.9 Å². The fourth-order valence-corrected chi connectivity index (χ4v) is 4.14. The third kappa shape index (κ3) is 4.33. The summed E-state index contributed by atoms with van der Waals surface area (Å²) in [5, 5.41) is 14.5. The molecule has 2 heterocycles. The predicted molar refractivity (Wildman–Crippen MR) is 99.0 cm³/mol. The number of halogens is 2. The highest BCUT2D eigenvalue weighted by atomic mass is 35.5. The number of carboxylic acid groups (broad SMARTS) is 1. The van der Waals surface area contributed by atoms with Crippen molar-refractivity contribution in [3.63, 3.8) is 0 Å². The molecule has 0 saturated carbocycles. The number of benzene rings is 1. The zero-order chi connectivity index (χ0) is 18.0. The molecule has 1 aliphatic heterocycles. The Morgan fingerprint density at radius 2 is 2.24 bits per heavy atom. The van der Waals surface area contributed by atoms with E-state index in [9.17, 15) is 9.90 Å². The monoisotopic (exact) mass is 400 g/mol. The first-order chi connectivity index (χ1) is 12.0. The van der Waals surface area contributed by atoms with Crippen LogP contribution in [0.15, 0.2) is 18.2 Å². The molecule has 5 nitrogen and oxygen atoms in total. The summed E-state index contributed by atoms with van der Waals surface area (Å²) in [6, 6.07) is 5.48. The molecule has 0 spiro atoms. The van der Waals surface area contributed by atoms with Gasteiger partial charge in [0.25, 0.3) is 0 Å². The van der Waals surface area contributed by atoms with Crippen molar-refractivity contribution in [2.75, 3.05) is 19.7 Å². The number of nitrogens with zero attached hydrogens (tertiary/aromatic N) is 1. The third-order valence-corrected chi connectivity index (χ3v) is 5.88. The molecule has 0 aliphatic carbocycles. The molecule has 1 aromatic heterocycles. The van der Waals surface area contributed by atoms with Crippen LogP contribution in [-0.4, -0.2) is 35.8 Å². The number of aromatic nitrogens is 1. The van der Waals surface area contributed by atoms with E-state index in [0.717, 1.165) is 17.1 Å². The smallest absolute Gasteiger partial charge is 0.347 e. The number of carboxylic acids is 1. The van der Waals surface area contributed by atoms with E-state index in [1.807, 2.05) is 19.1 Å². The first-order valence-electron chi connectivity index (χ1n) is 7.92. The summed E-state index contributed by atoms with van der Waals surface area (Å²) >= 11 is 13.4. The van der Waals surface area contributed by atoms with Crippen molar-refractivity contribution in [3.8, 4) is 0 Å². The van der Waals surface area contributed by atoms with Gasteiger partial charge in [-0.15, -0.1) is 11.3 Å². The summed E-state index contributed by atoms with van der Waals surface area (Å²) in [6.45, 7) is 3.85. The summed E-state index contributed by atoms with van der Waals surface area (Å²) in [5.74, 6) is -0.895. The van der Waals surface area contributed by atoms with Crippen LogP contribution in [-0.2, 0) is 11.2 Å². The molecule has 25 heavy (non-hydrogen) atoms. The SMILES string of the molecule is Cc1nc(C[C@@H]2CNCCO[C@H]2c2ccc(Cl)c(Cl)c2)c(C(=O)O)s1. The van der Waals surface area contributed by atoms with E-state index in [1.165, 1.54) is 11.3 Å². The number of ether oxygens (including phenoxy) is 1. The number of nitrogens with one attached hydrogen (secondary N) is 1. The van der Waals surface area contributed by atoms with Crippen molar-refractivity contribution in [1.82, 2.24) is 10.3 Å². The van der Waals surface area contributed by atoms with Gasteiger partial charge < -0.3 is 15.2 Å². The Balaban J connectivity index is 1.91. The van der Waals surface area contributed by atoms with Crippen LogP contribution in [0.2, 0.25) is 10.0 Å². The molecule has 1 aliphatic rings. The molecule has 0 unspecified atom stereocenters. The first-order valence-corrected chi connectivity index (χ1v) is 9.50. The highest BCUT2D eigenvalue weighted by molar-refractivity contribution is 7.13. The summed E-state index contributed by atoms with van der Waals surface area (Å²) in [5.41, 5.74) is 1.55. The van der Waals surface area contributed by atoms with Crippen LogP contribution < -0.4 is 5.32 Å². The van der Waals surface area contributed by atoms with Gasteiger partial charge in [0, 0.05) is 19.0 Å². The van der Waals surface area contributed by atoms with Crippen molar-refractivity contribution in [2.45, 2.75) is 19.4 Å². The summed E-state index contributed by atoms with van der Waals surface area (Å²) in [7, 11) is 0. The Labute approximate surface area is 159 Å². The number of carbonyl (C=O) groups is 1. The van der Waals surface area contributed by atoms with Crippen molar-refractivity contribution in [1.29, 1.82) is 0 Å². The van der Waals surface area contributed by atoms with Gasteiger partial charge in [0.2, 0.25) is 0 Å². The number of aryl methyl sites for hydroxylation is 1. The molecule has 2 atom stereocenters. The van der Waals surface area contributed by atoms with E-state index in [-0.39, 0.29) is 12.0 Å². The minimum atomic E-state index is -0.936. The summed E-state index contributed by atoms with van der Waals surface area (Å²) < 4.78 is 6.04. The Bertz CT molecular complexity index is 781. The molecule has 2 N–H and O–H groups in total. The molecule has 1 saturated heterocycles. The van der Waals surface area contributed by atoms with Gasteiger partial charge in [-0.1, -0.05) is 29.3 Å². The molecule has 1 aromatic carbocycles. The fraction of sp³-hybridized carbons (Fsp3) is 0.412. The van der Waals surface area contributed by atoms with E-state index in [1.54, 1.807) is 6.07 Å². The van der Waals surface area contributed by atoms with Gasteiger partial charge in [0.15, 0.2) is 0 Å². The molecule has 2 aromatic rings. The zero-order valence-electron chi connectivity index (χ0n) is 13.6. The van der Waals surface area contributed by atoms with Crippen LogP contribution in [0.1, 0.15) is 32.0 Å². The number of rotatable bonds is 4. The highest BCUT2D eigenvalue weighted by Crippen LogP contribution is 2.34. The van der Waals surface area contributed by atoms with E-state index in [0.29, 0.717) is 40.2 Å². The van der Waals surface area contributed by atoms with Crippen molar-refractivity contribution < 1.29 is 14.6 Å². The lowest BCUT2D eigenvalue weighted by Gasteiger charge is -2.25. The average molecular weight is 401 g/mol. The number of thiazole rings is 1. The molecular formula is C17H18Cl2N2O3S. The van der Waals surface area contributed by atoms with Crippen molar-refractivity contribution in [2.24, 2.45) is 5.92 Å². The second-order valence-electron chi connectivity index (χ2n) is 5.95. The second-order valence-corrected chi connectivity index (χ2v) is 7.96. The van der Waals surface area contributed by atoms with E-state index >= 15 is 0 Å². The van der Waals surface area contributed by atoms with Crippen LogP contribution in [0.25, 0.3) is 0 Å². The van der Waals surface area contributed by atoms with Crippen LogP contribution in [0, 0.1) is 12.8 Å². The maximum absolute atomic E-state index is 11.5. The van der Waals surface area contributed by atoms with Crippen LogP contribution in [0.3, 0.4) is 0 Å². The van der Waals surface area contributed by atoms with Crippen LogP contribution in [0.4, 0.5) is 0 Å². The quantitative estimate of drug-likeness (QED) is 0.811. The van der Waals surface area contributed by atoms with E-state index in [2.05, 4.69) is 10.3 Å². The third-order valence-electron chi connectivity index (χ3n) is 4.14. The minimum Gasteiger partial charge on any atom is -0.477 e. The molecule has 3 rings (SSSR count). The predicted octanol–water partition coefficient (Wildman–Crippen LogP) is 3.98. The lowest BCUT2D eigenvalue weighted by molar-refractivity contribution is 0.0303. The topological polar surface area (TPSA) is 71.5 Å². The number of hydrogen-bond donors (Lipinski definition) is 2. The largest absolute Gasteiger partial charge is 0.477 e. The van der Waals surface area contributed by atoms with E-state index < -0.39 is 5.97 Å². The molecule has 0 amide bonds. The standard InChI is InChI=1S/C17H18Cl2N2O3S/c1-9-21-14(16(25-9)17(22)23)7-11-8-20-4-5-24-15(11)10-2-3-12(18)13(19)6-10/h2-3,6,11,15,20H,4-5,7-8H2,1H3,(H,22,23)/t11-,15+/m1/s1. The second kappa shape index (κ2) is 8.01. The zero-order valence-corrected chi connectivity index (χ0v) is 15.9. The van der Waals surface area contributed by atoms with Gasteiger partial charge in [-0.2, -0.15) is 0 Å². The average Bonchev–Trinajstić information content (AvgIpc) is 2.78. The van der Waals surface area contributed by atoms with Gasteiger partial charge in [0.1, 0.15) is 4.88 Å². The Morgan fingerprint density at radius 3 is 2.96 bits per heavy atom. The number of aromatic carboxylic acids is 1. The minimum absolute atomic E-state index is 0.0411. The Hall–Kier alpha value is -1.18. The normalized spacial score (nSPS) is 21.1. The molecule has 134 valence electrons. The fourth-order valence-electron chi connectivity index (χ4n) is 3.05. The molecule has 0 radical (unpaired) electrons. The first kappa shape index (κ1) is 18.6. The van der Waals surface area contributed by atoms with Crippen LogP contribution >= 0.6 is 34.5 Å². The Morgan fingerprint density at radius 1 is 1.44 bits per heavy atom. The van der Waals surface area contributed by atoms with Crippen molar-refractivity contribution >= 4 is 40.5 Å². The van der Waals surface area contributed by atoms with Gasteiger partial charge in [-0.05, 0) is 31.0 Å². The maximum atomic E-state index is 11.5. The van der Waals surface area contributed by atoms with Gasteiger partial charge >= 0.3 is 5.97 Å². The van der Waals surface area contributed by atoms with Gasteiger partial charge in [-0.3, -0.25) is 0 Å². The summed E-state index contributed by atoms with van der Waals surface area (Å²) in [6.07, 6.45) is 0.317. The summed E-state index contributed by atoms with van der Waals surface area (Å²) in [4.78, 5) is 16.2. The molecule has 1 fully saturated rings. The molecular weight excluding hydrogens is 383 g/mol. The lowest BCUT2D eigenvalue weighted by atomic mass is 9.91. The van der Waals surface area contributed by atoms with Crippen molar-refractivity contribution in [3.05, 3.63) is 49.4 Å². The lowest BCUT2D eigenvalue weighted by Crippen LogP contribution is -2.27. The van der Waals surface area contributed by atoms with Gasteiger partial charge in [-0.25, -0.2) is 9.78 Å². The number of hydrogen-bond acceptors (Lipinski definition) is 5. The molecule has 0 bridgehead atoms. The maximum Gasteiger partial charge on any atom is 0.347 e. The highest BCUT2D eigenvalue weighted by Gasteiger charge is 2.29.